The van der Waals surface area contributed by atoms with Crippen LogP contribution in [0.15, 0.2) is 0 Å². The molecule has 0 aliphatic heterocycles. The van der Waals surface area contributed by atoms with Gasteiger partial charge in [0.2, 0.25) is 5.91 Å². The van der Waals surface area contributed by atoms with Crippen LogP contribution in [0.1, 0.15) is 13.3 Å². The Labute approximate surface area is 94.0 Å². The van der Waals surface area contributed by atoms with Gasteiger partial charge in [-0.05, 0) is 19.6 Å². The van der Waals surface area contributed by atoms with Gasteiger partial charge in [-0.3, -0.25) is 9.59 Å². The number of carboxylic acids is 1. The molecule has 4 nitrogen and oxygen atoms in total. The monoisotopic (exact) mass is 231 g/mol. The number of amides is 1. The molecular formula is C10H17NO3S. The molecule has 1 aliphatic rings. The summed E-state index contributed by atoms with van der Waals surface area (Å²) in [5.74, 6) is -0.714. The molecule has 5 heteroatoms. The van der Waals surface area contributed by atoms with Crippen LogP contribution in [-0.4, -0.2) is 47.0 Å². The van der Waals surface area contributed by atoms with Crippen molar-refractivity contribution in [3.05, 3.63) is 0 Å². The van der Waals surface area contributed by atoms with Crippen molar-refractivity contribution >= 4 is 23.6 Å². The Hall–Kier alpha value is -0.710. The summed E-state index contributed by atoms with van der Waals surface area (Å²) in [4.78, 5) is 24.1. The number of hydrogen-bond acceptors (Lipinski definition) is 3. The van der Waals surface area contributed by atoms with Gasteiger partial charge in [-0.15, -0.1) is 0 Å². The number of carbonyl (C=O) groups is 2. The fourth-order valence-corrected chi connectivity index (χ4v) is 2.28. The molecule has 1 N–H and O–H groups in total. The number of nitrogens with zero attached hydrogens (tertiary/aromatic N) is 1. The van der Waals surface area contributed by atoms with Crippen molar-refractivity contribution in [1.82, 2.24) is 4.90 Å². The fraction of sp³-hybridized carbons (Fsp3) is 0.800. The highest BCUT2D eigenvalue weighted by Gasteiger charge is 2.49. The Bertz CT molecular complexity index is 269. The maximum Gasteiger partial charge on any atom is 0.307 e. The number of carboxylic acid groups (broad SMARTS) is 1. The second-order valence-corrected chi connectivity index (χ2v) is 4.95. The number of rotatable bonds is 5. The number of carbonyl (C=O) groups excluding carboxylic acids is 1. The van der Waals surface area contributed by atoms with Gasteiger partial charge in [-0.2, -0.15) is 11.8 Å². The van der Waals surface area contributed by atoms with E-state index in [9.17, 15) is 9.59 Å². The lowest BCUT2D eigenvalue weighted by molar-refractivity contribution is -0.142. The third-order valence-corrected chi connectivity index (χ3v) is 3.66. The van der Waals surface area contributed by atoms with Crippen LogP contribution >= 0.6 is 11.8 Å². The summed E-state index contributed by atoms with van der Waals surface area (Å²) in [5.41, 5.74) is 0. The van der Waals surface area contributed by atoms with Gasteiger partial charge in [-0.25, -0.2) is 0 Å². The highest BCUT2D eigenvalue weighted by Crippen LogP contribution is 2.40. The zero-order valence-corrected chi connectivity index (χ0v) is 10.1. The van der Waals surface area contributed by atoms with Gasteiger partial charge in [0.15, 0.2) is 0 Å². The van der Waals surface area contributed by atoms with Crippen molar-refractivity contribution in [2.45, 2.75) is 19.4 Å². The molecule has 0 spiro atoms. The van der Waals surface area contributed by atoms with Gasteiger partial charge >= 0.3 is 5.97 Å². The smallest absolute Gasteiger partial charge is 0.307 e. The van der Waals surface area contributed by atoms with Gasteiger partial charge in [0.25, 0.3) is 0 Å². The maximum absolute atomic E-state index is 11.8. The quantitative estimate of drug-likeness (QED) is 0.764. The van der Waals surface area contributed by atoms with Gasteiger partial charge in [0.05, 0.1) is 11.8 Å². The van der Waals surface area contributed by atoms with Crippen LogP contribution in [0, 0.1) is 11.8 Å². The minimum atomic E-state index is -0.848. The lowest BCUT2D eigenvalue weighted by Gasteiger charge is -2.24. The van der Waals surface area contributed by atoms with Crippen molar-refractivity contribution in [3.63, 3.8) is 0 Å². The van der Waals surface area contributed by atoms with Crippen LogP contribution in [-0.2, 0) is 9.59 Å². The molecule has 0 aromatic heterocycles. The SMILES string of the molecule is CSCC(C)N(C)C(=O)[C@@H]1C[C@@H]1C(=O)O. The van der Waals surface area contributed by atoms with Gasteiger partial charge in [-0.1, -0.05) is 0 Å². The zero-order valence-electron chi connectivity index (χ0n) is 9.27. The van der Waals surface area contributed by atoms with E-state index in [1.54, 1.807) is 23.7 Å². The molecule has 15 heavy (non-hydrogen) atoms. The highest BCUT2D eigenvalue weighted by molar-refractivity contribution is 7.98. The van der Waals surface area contributed by atoms with Crippen LogP contribution in [0.3, 0.4) is 0 Å². The molecule has 1 amide bonds. The van der Waals surface area contributed by atoms with Crippen molar-refractivity contribution in [3.8, 4) is 0 Å². The van der Waals surface area contributed by atoms with E-state index in [-0.39, 0.29) is 17.9 Å². The molecule has 0 aromatic carbocycles. The topological polar surface area (TPSA) is 57.6 Å². The Balaban J connectivity index is 2.45. The Morgan fingerprint density at radius 2 is 2.13 bits per heavy atom. The second-order valence-electron chi connectivity index (χ2n) is 4.04. The average molecular weight is 231 g/mol. The van der Waals surface area contributed by atoms with Gasteiger partial charge in [0, 0.05) is 18.8 Å². The summed E-state index contributed by atoms with van der Waals surface area (Å²) in [7, 11) is 1.75. The minimum Gasteiger partial charge on any atom is -0.481 e. The largest absolute Gasteiger partial charge is 0.481 e. The molecule has 0 radical (unpaired) electrons. The third kappa shape index (κ3) is 2.87. The van der Waals surface area contributed by atoms with E-state index >= 15 is 0 Å². The Kier molecular flexibility index (Phi) is 4.02. The lowest BCUT2D eigenvalue weighted by atomic mass is 10.2. The molecular weight excluding hydrogens is 214 g/mol. The first-order chi connectivity index (χ1) is 6.99. The Morgan fingerprint density at radius 1 is 1.53 bits per heavy atom. The molecule has 1 rings (SSSR count). The predicted octanol–water partition coefficient (Wildman–Crippen LogP) is 0.917. The molecule has 3 atom stereocenters. The molecule has 1 aliphatic carbocycles. The summed E-state index contributed by atoms with van der Waals surface area (Å²) in [6.07, 6.45) is 2.50. The number of thioether (sulfide) groups is 1. The molecule has 0 saturated heterocycles. The zero-order chi connectivity index (χ0) is 11.6. The van der Waals surface area contributed by atoms with E-state index in [0.717, 1.165) is 5.75 Å². The number of hydrogen-bond donors (Lipinski definition) is 1. The van der Waals surface area contributed by atoms with Crippen LogP contribution < -0.4 is 0 Å². The summed E-state index contributed by atoms with van der Waals surface area (Å²) in [5, 5.41) is 8.72. The van der Waals surface area contributed by atoms with Crippen LogP contribution in [0.5, 0.6) is 0 Å². The average Bonchev–Trinajstić information content (AvgIpc) is 2.95. The van der Waals surface area contributed by atoms with E-state index in [2.05, 4.69) is 0 Å². The standard InChI is InChI=1S/C10H17NO3S/c1-6(5-15-3)11(2)9(12)7-4-8(7)10(13)14/h6-8H,4-5H2,1-3H3,(H,13,14)/t6?,7-,8+/m1/s1. The second kappa shape index (κ2) is 4.88. The summed E-state index contributed by atoms with van der Waals surface area (Å²) in [6, 6.07) is 0.169. The first kappa shape index (κ1) is 12.4. The van der Waals surface area contributed by atoms with Crippen LogP contribution in [0.25, 0.3) is 0 Å². The Morgan fingerprint density at radius 3 is 2.53 bits per heavy atom. The predicted molar refractivity (Wildman–Crippen MR) is 59.8 cm³/mol. The lowest BCUT2D eigenvalue weighted by Crippen LogP contribution is -2.38. The van der Waals surface area contributed by atoms with Crippen LogP contribution in [0.4, 0.5) is 0 Å². The summed E-state index contributed by atoms with van der Waals surface area (Å²) in [6.45, 7) is 1.98. The van der Waals surface area contributed by atoms with E-state index in [1.165, 1.54) is 0 Å². The summed E-state index contributed by atoms with van der Waals surface area (Å²) >= 11 is 1.68. The van der Waals surface area contributed by atoms with E-state index in [1.807, 2.05) is 13.2 Å². The fourth-order valence-electron chi connectivity index (χ4n) is 1.57. The summed E-state index contributed by atoms with van der Waals surface area (Å²) < 4.78 is 0. The first-order valence-corrected chi connectivity index (χ1v) is 6.36. The van der Waals surface area contributed by atoms with E-state index < -0.39 is 11.9 Å². The minimum absolute atomic E-state index is 0.0241. The molecule has 86 valence electrons. The maximum atomic E-state index is 11.8. The van der Waals surface area contributed by atoms with Gasteiger partial charge < -0.3 is 10.0 Å². The molecule has 1 saturated carbocycles. The normalized spacial score (nSPS) is 25.8. The molecule has 0 heterocycles. The van der Waals surface area contributed by atoms with E-state index in [4.69, 9.17) is 5.11 Å². The van der Waals surface area contributed by atoms with Crippen molar-refractivity contribution < 1.29 is 14.7 Å². The molecule has 0 aromatic rings. The van der Waals surface area contributed by atoms with Crippen LogP contribution in [0.2, 0.25) is 0 Å². The third-order valence-electron chi connectivity index (χ3n) is 2.84. The number of aliphatic carboxylic acids is 1. The van der Waals surface area contributed by atoms with Crippen molar-refractivity contribution in [1.29, 1.82) is 0 Å². The van der Waals surface area contributed by atoms with Gasteiger partial charge in [0.1, 0.15) is 0 Å². The van der Waals surface area contributed by atoms with E-state index in [0.29, 0.717) is 6.42 Å². The highest BCUT2D eigenvalue weighted by atomic mass is 32.2. The molecule has 0 bridgehead atoms. The van der Waals surface area contributed by atoms with Crippen molar-refractivity contribution in [2.24, 2.45) is 11.8 Å². The molecule has 1 unspecified atom stereocenters. The van der Waals surface area contributed by atoms with Crippen molar-refractivity contribution in [2.75, 3.05) is 19.1 Å². The first-order valence-electron chi connectivity index (χ1n) is 4.97. The molecule has 1 fully saturated rings.